The van der Waals surface area contributed by atoms with Crippen LogP contribution in [0.4, 0.5) is 14.5 Å². The van der Waals surface area contributed by atoms with Crippen LogP contribution in [0.3, 0.4) is 0 Å². The van der Waals surface area contributed by atoms with Gasteiger partial charge >= 0.3 is 0 Å². The SMILES string of the molecule is N#Cc1ccc(N2CCC(c3cc[c]cc3)CC2)cc1C(F)F. The highest BCUT2D eigenvalue weighted by molar-refractivity contribution is 5.54. The first-order chi connectivity index (χ1) is 11.2. The Balaban J connectivity index is 1.73. The molecule has 0 N–H and O–H groups in total. The highest BCUT2D eigenvalue weighted by Crippen LogP contribution is 2.32. The predicted octanol–water partition coefficient (Wildman–Crippen LogP) is 4.68. The molecule has 1 fully saturated rings. The van der Waals surface area contributed by atoms with Crippen molar-refractivity contribution in [3.63, 3.8) is 0 Å². The maximum atomic E-state index is 13.1. The van der Waals surface area contributed by atoms with E-state index in [9.17, 15) is 8.78 Å². The van der Waals surface area contributed by atoms with Crippen LogP contribution in [-0.2, 0) is 0 Å². The Morgan fingerprint density at radius 3 is 2.43 bits per heavy atom. The number of nitriles is 1. The van der Waals surface area contributed by atoms with Gasteiger partial charge in [-0.25, -0.2) is 8.78 Å². The largest absolute Gasteiger partial charge is 0.371 e. The molecule has 1 radical (unpaired) electrons. The summed E-state index contributed by atoms with van der Waals surface area (Å²) in [7, 11) is 0. The zero-order valence-corrected chi connectivity index (χ0v) is 12.7. The number of nitrogens with zero attached hydrogens (tertiary/aromatic N) is 2. The van der Waals surface area contributed by atoms with E-state index >= 15 is 0 Å². The molecule has 2 aromatic rings. The fraction of sp³-hybridized carbons (Fsp3) is 0.316. The lowest BCUT2D eigenvalue weighted by molar-refractivity contribution is 0.151. The number of piperidine rings is 1. The Bertz CT molecular complexity index is 699. The first-order valence-corrected chi connectivity index (χ1v) is 7.72. The van der Waals surface area contributed by atoms with E-state index in [-0.39, 0.29) is 11.1 Å². The van der Waals surface area contributed by atoms with Crippen molar-refractivity contribution >= 4 is 5.69 Å². The lowest BCUT2D eigenvalue weighted by Crippen LogP contribution is -2.32. The van der Waals surface area contributed by atoms with Crippen molar-refractivity contribution in [1.82, 2.24) is 0 Å². The lowest BCUT2D eigenvalue weighted by atomic mass is 9.89. The number of hydrogen-bond acceptors (Lipinski definition) is 2. The second kappa shape index (κ2) is 6.78. The third kappa shape index (κ3) is 3.34. The van der Waals surface area contributed by atoms with E-state index in [0.29, 0.717) is 5.92 Å². The molecule has 0 bridgehead atoms. The van der Waals surface area contributed by atoms with Crippen molar-refractivity contribution in [3.05, 3.63) is 65.2 Å². The van der Waals surface area contributed by atoms with Crippen LogP contribution in [-0.4, -0.2) is 13.1 Å². The van der Waals surface area contributed by atoms with Gasteiger partial charge in [-0.15, -0.1) is 0 Å². The topological polar surface area (TPSA) is 27.0 Å². The summed E-state index contributed by atoms with van der Waals surface area (Å²) in [6, 6.07) is 17.6. The fourth-order valence-electron chi connectivity index (χ4n) is 3.17. The van der Waals surface area contributed by atoms with Gasteiger partial charge in [0.25, 0.3) is 6.43 Å². The van der Waals surface area contributed by atoms with E-state index in [0.717, 1.165) is 31.6 Å². The van der Waals surface area contributed by atoms with Crippen LogP contribution in [0.25, 0.3) is 0 Å². The van der Waals surface area contributed by atoms with E-state index in [4.69, 9.17) is 5.26 Å². The van der Waals surface area contributed by atoms with Gasteiger partial charge in [0.05, 0.1) is 11.6 Å². The average molecular weight is 311 g/mol. The number of alkyl halides is 2. The molecule has 0 amide bonds. The van der Waals surface area contributed by atoms with Crippen LogP contribution in [0, 0.1) is 17.4 Å². The van der Waals surface area contributed by atoms with E-state index in [2.05, 4.69) is 23.1 Å². The second-order valence-electron chi connectivity index (χ2n) is 5.78. The molecular formula is C19H17F2N2. The standard InChI is InChI=1S/C19H17F2N2/c20-19(21)18-12-17(7-6-16(18)13-22)23-10-8-15(9-11-23)14-4-2-1-3-5-14/h2-7,12,15,19H,8-11H2. The molecule has 0 aromatic heterocycles. The number of anilines is 1. The van der Waals surface area contributed by atoms with Gasteiger partial charge in [0.2, 0.25) is 0 Å². The summed E-state index contributed by atoms with van der Waals surface area (Å²) in [6.07, 6.45) is -0.634. The fourth-order valence-corrected chi connectivity index (χ4v) is 3.17. The molecule has 117 valence electrons. The summed E-state index contributed by atoms with van der Waals surface area (Å²) in [6.45, 7) is 1.66. The van der Waals surface area contributed by atoms with Crippen molar-refractivity contribution in [2.75, 3.05) is 18.0 Å². The second-order valence-corrected chi connectivity index (χ2v) is 5.78. The summed E-state index contributed by atoms with van der Waals surface area (Å²) in [4.78, 5) is 2.12. The predicted molar refractivity (Wildman–Crippen MR) is 85.6 cm³/mol. The maximum Gasteiger partial charge on any atom is 0.265 e. The maximum absolute atomic E-state index is 13.1. The Hall–Kier alpha value is -2.41. The van der Waals surface area contributed by atoms with Gasteiger partial charge in [-0.3, -0.25) is 0 Å². The average Bonchev–Trinajstić information content (AvgIpc) is 2.62. The van der Waals surface area contributed by atoms with Crippen molar-refractivity contribution in [1.29, 1.82) is 5.26 Å². The minimum absolute atomic E-state index is 0.0548. The van der Waals surface area contributed by atoms with E-state index in [1.165, 1.54) is 17.7 Å². The van der Waals surface area contributed by atoms with Crippen LogP contribution in [0.15, 0.2) is 42.5 Å². The van der Waals surface area contributed by atoms with Gasteiger partial charge in [0.1, 0.15) is 0 Å². The molecule has 3 rings (SSSR count). The van der Waals surface area contributed by atoms with Gasteiger partial charge in [-0.2, -0.15) is 5.26 Å². The van der Waals surface area contributed by atoms with Gasteiger partial charge in [0, 0.05) is 24.3 Å². The summed E-state index contributed by atoms with van der Waals surface area (Å²) in [5.41, 5.74) is 1.97. The van der Waals surface area contributed by atoms with Crippen LogP contribution in [0.2, 0.25) is 0 Å². The molecule has 0 saturated carbocycles. The normalized spacial score (nSPS) is 15.7. The van der Waals surface area contributed by atoms with Crippen LogP contribution in [0.5, 0.6) is 0 Å². The smallest absolute Gasteiger partial charge is 0.265 e. The van der Waals surface area contributed by atoms with E-state index in [1.807, 2.05) is 18.2 Å². The molecule has 2 aromatic carbocycles. The van der Waals surface area contributed by atoms with Gasteiger partial charge in [-0.1, -0.05) is 24.3 Å². The summed E-state index contributed by atoms with van der Waals surface area (Å²) in [5, 5.41) is 8.93. The van der Waals surface area contributed by atoms with Gasteiger partial charge in [-0.05, 0) is 48.6 Å². The number of hydrogen-bond donors (Lipinski definition) is 0. The number of halogens is 2. The number of rotatable bonds is 3. The van der Waals surface area contributed by atoms with E-state index < -0.39 is 6.43 Å². The number of benzene rings is 2. The van der Waals surface area contributed by atoms with Crippen molar-refractivity contribution in [2.24, 2.45) is 0 Å². The van der Waals surface area contributed by atoms with Crippen molar-refractivity contribution in [3.8, 4) is 6.07 Å². The lowest BCUT2D eigenvalue weighted by Gasteiger charge is -2.34. The molecule has 1 aliphatic rings. The molecular weight excluding hydrogens is 294 g/mol. The van der Waals surface area contributed by atoms with Crippen molar-refractivity contribution < 1.29 is 8.78 Å². The van der Waals surface area contributed by atoms with Gasteiger partial charge in [0.15, 0.2) is 0 Å². The molecule has 2 nitrogen and oxygen atoms in total. The first-order valence-electron chi connectivity index (χ1n) is 7.72. The Morgan fingerprint density at radius 1 is 1.13 bits per heavy atom. The summed E-state index contributed by atoms with van der Waals surface area (Å²) in [5.74, 6) is 0.508. The van der Waals surface area contributed by atoms with Crippen LogP contribution < -0.4 is 4.90 Å². The Morgan fingerprint density at radius 2 is 1.83 bits per heavy atom. The van der Waals surface area contributed by atoms with Crippen molar-refractivity contribution in [2.45, 2.75) is 25.2 Å². The highest BCUT2D eigenvalue weighted by atomic mass is 19.3. The van der Waals surface area contributed by atoms with Gasteiger partial charge < -0.3 is 4.90 Å². The summed E-state index contributed by atoms with van der Waals surface area (Å²) >= 11 is 0. The zero-order chi connectivity index (χ0) is 16.2. The van der Waals surface area contributed by atoms with Crippen LogP contribution in [0.1, 0.15) is 41.9 Å². The molecule has 1 aliphatic heterocycles. The molecule has 23 heavy (non-hydrogen) atoms. The first kappa shape index (κ1) is 15.5. The molecule has 1 saturated heterocycles. The third-order valence-corrected chi connectivity index (χ3v) is 4.47. The molecule has 4 heteroatoms. The minimum Gasteiger partial charge on any atom is -0.371 e. The Kier molecular flexibility index (Phi) is 4.57. The third-order valence-electron chi connectivity index (χ3n) is 4.47. The summed E-state index contributed by atoms with van der Waals surface area (Å²) < 4.78 is 26.1. The highest BCUT2D eigenvalue weighted by Gasteiger charge is 2.22. The molecule has 0 spiro atoms. The zero-order valence-electron chi connectivity index (χ0n) is 12.7. The molecule has 0 atom stereocenters. The molecule has 1 heterocycles. The molecule has 0 unspecified atom stereocenters. The van der Waals surface area contributed by atoms with E-state index in [1.54, 1.807) is 6.07 Å². The van der Waals surface area contributed by atoms with Crippen LogP contribution >= 0.6 is 0 Å². The minimum atomic E-state index is -2.62. The Labute approximate surface area is 135 Å². The quantitative estimate of drug-likeness (QED) is 0.823. The monoisotopic (exact) mass is 311 g/mol. The molecule has 0 aliphatic carbocycles.